The fraction of sp³-hybridized carbons (Fsp3) is 0.533. The van der Waals surface area contributed by atoms with Gasteiger partial charge in [-0.2, -0.15) is 13.2 Å². The second-order valence-corrected chi connectivity index (χ2v) is 5.45. The molecular formula is C15H18F3NO. The van der Waals surface area contributed by atoms with Gasteiger partial charge in [0.1, 0.15) is 0 Å². The summed E-state index contributed by atoms with van der Waals surface area (Å²) in [7, 11) is 0. The van der Waals surface area contributed by atoms with Gasteiger partial charge in [0.05, 0.1) is 5.56 Å². The van der Waals surface area contributed by atoms with E-state index in [4.69, 9.17) is 0 Å². The minimum absolute atomic E-state index is 0.128. The van der Waals surface area contributed by atoms with Gasteiger partial charge in [-0.3, -0.25) is 4.79 Å². The number of benzene rings is 1. The molecule has 5 heteroatoms. The number of halogens is 3. The molecule has 0 aromatic heterocycles. The lowest BCUT2D eigenvalue weighted by molar-refractivity contribution is -0.138. The van der Waals surface area contributed by atoms with E-state index in [0.29, 0.717) is 13.1 Å². The molecule has 0 N–H and O–H groups in total. The summed E-state index contributed by atoms with van der Waals surface area (Å²) in [5.41, 5.74) is -0.336. The van der Waals surface area contributed by atoms with Crippen LogP contribution < -0.4 is 0 Å². The molecule has 0 unspecified atom stereocenters. The molecule has 0 bridgehead atoms. The van der Waals surface area contributed by atoms with Gasteiger partial charge in [-0.25, -0.2) is 0 Å². The molecule has 1 heterocycles. The molecule has 1 amide bonds. The third-order valence-electron chi connectivity index (χ3n) is 3.62. The molecule has 110 valence electrons. The maximum atomic E-state index is 13.1. The summed E-state index contributed by atoms with van der Waals surface area (Å²) < 4.78 is 39.3. The van der Waals surface area contributed by atoms with Gasteiger partial charge < -0.3 is 4.90 Å². The number of amides is 1. The number of likely N-dealkylation sites (tertiary alicyclic amines) is 1. The molecule has 0 saturated carbocycles. The largest absolute Gasteiger partial charge is 0.416 e. The van der Waals surface area contributed by atoms with Crippen LogP contribution in [-0.4, -0.2) is 23.9 Å². The summed E-state index contributed by atoms with van der Waals surface area (Å²) in [6.07, 6.45) is -2.59. The van der Waals surface area contributed by atoms with E-state index in [2.05, 4.69) is 0 Å². The van der Waals surface area contributed by atoms with Gasteiger partial charge in [0.2, 0.25) is 0 Å². The highest BCUT2D eigenvalue weighted by Crippen LogP contribution is 2.36. The summed E-state index contributed by atoms with van der Waals surface area (Å²) in [5, 5.41) is 0. The Kier molecular flexibility index (Phi) is 4.06. The molecule has 0 aliphatic carbocycles. The number of hydrogen-bond donors (Lipinski definition) is 0. The standard InChI is InChI=1S/C15H18F3NO/c1-10(2)12-6-5-11(9-13(12)15(16,17)18)14(20)19-7-3-4-8-19/h5-6,9-10H,3-4,7-8H2,1-2H3. The van der Waals surface area contributed by atoms with Crippen molar-refractivity contribution in [1.82, 2.24) is 4.90 Å². The molecule has 1 fully saturated rings. The fourth-order valence-electron chi connectivity index (χ4n) is 2.54. The zero-order valence-electron chi connectivity index (χ0n) is 11.6. The highest BCUT2D eigenvalue weighted by Gasteiger charge is 2.35. The van der Waals surface area contributed by atoms with Crippen LogP contribution in [0.15, 0.2) is 18.2 Å². The normalized spacial score (nSPS) is 16.0. The second-order valence-electron chi connectivity index (χ2n) is 5.45. The van der Waals surface area contributed by atoms with Crippen molar-refractivity contribution in [3.63, 3.8) is 0 Å². The molecule has 1 aliphatic heterocycles. The van der Waals surface area contributed by atoms with Crippen molar-refractivity contribution in [3.05, 3.63) is 34.9 Å². The Balaban J connectivity index is 2.39. The van der Waals surface area contributed by atoms with Crippen molar-refractivity contribution in [3.8, 4) is 0 Å². The zero-order chi connectivity index (χ0) is 14.9. The first-order valence-corrected chi connectivity index (χ1v) is 6.81. The summed E-state index contributed by atoms with van der Waals surface area (Å²) >= 11 is 0. The molecule has 0 radical (unpaired) electrons. The van der Waals surface area contributed by atoms with Gasteiger partial charge in [-0.15, -0.1) is 0 Å². The van der Waals surface area contributed by atoms with Gasteiger partial charge in [0, 0.05) is 18.7 Å². The molecule has 1 aliphatic rings. The van der Waals surface area contributed by atoms with E-state index >= 15 is 0 Å². The highest BCUT2D eigenvalue weighted by molar-refractivity contribution is 5.94. The molecule has 1 aromatic carbocycles. The minimum atomic E-state index is -4.43. The maximum Gasteiger partial charge on any atom is 0.416 e. The number of hydrogen-bond acceptors (Lipinski definition) is 1. The Hall–Kier alpha value is -1.52. The molecule has 1 aromatic rings. The summed E-state index contributed by atoms with van der Waals surface area (Å²) in [5.74, 6) is -0.536. The van der Waals surface area contributed by atoms with Crippen LogP contribution in [0.4, 0.5) is 13.2 Å². The number of rotatable bonds is 2. The predicted molar refractivity (Wildman–Crippen MR) is 70.7 cm³/mol. The zero-order valence-corrected chi connectivity index (χ0v) is 11.6. The minimum Gasteiger partial charge on any atom is -0.339 e. The lowest BCUT2D eigenvalue weighted by Gasteiger charge is -2.19. The van der Waals surface area contributed by atoms with Crippen molar-refractivity contribution in [2.75, 3.05) is 13.1 Å². The number of nitrogens with zero attached hydrogens (tertiary/aromatic N) is 1. The Labute approximate surface area is 116 Å². The molecule has 0 spiro atoms. The molecule has 0 atom stereocenters. The average molecular weight is 285 g/mol. The van der Waals surface area contributed by atoms with Crippen molar-refractivity contribution < 1.29 is 18.0 Å². The summed E-state index contributed by atoms with van der Waals surface area (Å²) in [4.78, 5) is 13.8. The van der Waals surface area contributed by atoms with Crippen molar-refractivity contribution in [2.24, 2.45) is 0 Å². The smallest absolute Gasteiger partial charge is 0.339 e. The van der Waals surface area contributed by atoms with E-state index < -0.39 is 11.7 Å². The molecule has 20 heavy (non-hydrogen) atoms. The van der Waals surface area contributed by atoms with Crippen LogP contribution in [0, 0.1) is 0 Å². The average Bonchev–Trinajstić information content (AvgIpc) is 2.89. The number of alkyl halides is 3. The van der Waals surface area contributed by atoms with Crippen molar-refractivity contribution in [2.45, 2.75) is 38.8 Å². The van der Waals surface area contributed by atoms with E-state index in [1.807, 2.05) is 0 Å². The fourth-order valence-corrected chi connectivity index (χ4v) is 2.54. The maximum absolute atomic E-state index is 13.1. The van der Waals surface area contributed by atoms with Crippen LogP contribution in [0.1, 0.15) is 54.1 Å². The van der Waals surface area contributed by atoms with Crippen LogP contribution in [-0.2, 0) is 6.18 Å². The number of carbonyl (C=O) groups excluding carboxylic acids is 1. The Bertz CT molecular complexity index is 502. The quantitative estimate of drug-likeness (QED) is 0.802. The first-order valence-electron chi connectivity index (χ1n) is 6.81. The first-order chi connectivity index (χ1) is 9.30. The third-order valence-corrected chi connectivity index (χ3v) is 3.62. The predicted octanol–water partition coefficient (Wildman–Crippen LogP) is 4.06. The van der Waals surface area contributed by atoms with Crippen LogP contribution in [0.2, 0.25) is 0 Å². The second kappa shape index (κ2) is 5.46. The summed E-state index contributed by atoms with van der Waals surface area (Å²) in [6.45, 7) is 4.69. The van der Waals surface area contributed by atoms with Gasteiger partial charge in [-0.05, 0) is 36.5 Å². The van der Waals surface area contributed by atoms with Gasteiger partial charge in [0.15, 0.2) is 0 Å². The monoisotopic (exact) mass is 285 g/mol. The number of carbonyl (C=O) groups is 1. The van der Waals surface area contributed by atoms with Crippen LogP contribution in [0.25, 0.3) is 0 Å². The molecular weight excluding hydrogens is 267 g/mol. The third kappa shape index (κ3) is 2.97. The van der Waals surface area contributed by atoms with E-state index in [1.54, 1.807) is 18.7 Å². The first kappa shape index (κ1) is 14.9. The van der Waals surface area contributed by atoms with Gasteiger partial charge in [0.25, 0.3) is 5.91 Å². The van der Waals surface area contributed by atoms with E-state index in [0.717, 1.165) is 18.9 Å². The Morgan fingerprint density at radius 3 is 2.30 bits per heavy atom. The molecule has 2 rings (SSSR count). The van der Waals surface area contributed by atoms with Crippen LogP contribution in [0.5, 0.6) is 0 Å². The summed E-state index contributed by atoms with van der Waals surface area (Å²) in [6, 6.07) is 3.93. The van der Waals surface area contributed by atoms with E-state index in [9.17, 15) is 18.0 Å². The Morgan fingerprint density at radius 2 is 1.80 bits per heavy atom. The van der Waals surface area contributed by atoms with Crippen molar-refractivity contribution >= 4 is 5.91 Å². The van der Waals surface area contributed by atoms with Gasteiger partial charge in [-0.1, -0.05) is 19.9 Å². The van der Waals surface area contributed by atoms with E-state index in [-0.39, 0.29) is 23.0 Å². The van der Waals surface area contributed by atoms with Crippen molar-refractivity contribution in [1.29, 1.82) is 0 Å². The van der Waals surface area contributed by atoms with Gasteiger partial charge >= 0.3 is 6.18 Å². The lowest BCUT2D eigenvalue weighted by Crippen LogP contribution is -2.28. The SMILES string of the molecule is CC(C)c1ccc(C(=O)N2CCCC2)cc1C(F)(F)F. The lowest BCUT2D eigenvalue weighted by atomic mass is 9.94. The van der Waals surface area contributed by atoms with Crippen LogP contribution >= 0.6 is 0 Å². The molecule has 2 nitrogen and oxygen atoms in total. The molecule has 1 saturated heterocycles. The highest BCUT2D eigenvalue weighted by atomic mass is 19.4. The van der Waals surface area contributed by atoms with E-state index in [1.165, 1.54) is 12.1 Å². The topological polar surface area (TPSA) is 20.3 Å². The van der Waals surface area contributed by atoms with Crippen LogP contribution in [0.3, 0.4) is 0 Å². The Morgan fingerprint density at radius 1 is 1.20 bits per heavy atom.